The van der Waals surface area contributed by atoms with Crippen LogP contribution in [-0.4, -0.2) is 6.71 Å². The quantitative estimate of drug-likeness (QED) is 0.526. The smallest absolute Gasteiger partial charge is 0.110 e. The molecule has 0 saturated carbocycles. The molecule has 0 spiro atoms. The summed E-state index contributed by atoms with van der Waals surface area (Å²) in [6.07, 6.45) is 7.12. The third kappa shape index (κ3) is 2.25. The highest BCUT2D eigenvalue weighted by Gasteiger charge is 2.18. The highest BCUT2D eigenvalue weighted by Crippen LogP contribution is 2.28. The molecule has 0 saturated heterocycles. The van der Waals surface area contributed by atoms with Crippen LogP contribution >= 0.6 is 34.8 Å². The van der Waals surface area contributed by atoms with E-state index in [2.05, 4.69) is 12.1 Å². The van der Waals surface area contributed by atoms with E-state index < -0.39 is 0 Å². The Labute approximate surface area is 105 Å². The number of allylic oxidation sites excluding steroid dienone is 3. The molecular weight excluding hydrogens is 249 g/mol. The Morgan fingerprint density at radius 1 is 1.00 bits per heavy atom. The fourth-order valence-corrected chi connectivity index (χ4v) is 2.32. The zero-order valence-electron chi connectivity index (χ0n) is 7.88. The molecule has 0 amide bonds. The second kappa shape index (κ2) is 4.65. The molecule has 0 N–H and O–H groups in total. The van der Waals surface area contributed by atoms with E-state index in [1.807, 2.05) is 18.2 Å². The summed E-state index contributed by atoms with van der Waals surface area (Å²) in [6.45, 7) is 0.303. The largest absolute Gasteiger partial charge is 0.206 e. The molecule has 0 atom stereocenters. The summed E-state index contributed by atoms with van der Waals surface area (Å²) in [5, 5.41) is 1.51. The van der Waals surface area contributed by atoms with E-state index in [-0.39, 0.29) is 0 Å². The number of benzene rings is 1. The van der Waals surface area contributed by atoms with Gasteiger partial charge in [0, 0.05) is 0 Å². The van der Waals surface area contributed by atoms with Gasteiger partial charge >= 0.3 is 0 Å². The van der Waals surface area contributed by atoms with E-state index in [4.69, 9.17) is 34.8 Å². The molecule has 1 aromatic rings. The van der Waals surface area contributed by atoms with Gasteiger partial charge in [-0.1, -0.05) is 64.6 Å². The lowest BCUT2D eigenvalue weighted by Crippen LogP contribution is -2.29. The van der Waals surface area contributed by atoms with Crippen LogP contribution in [0.3, 0.4) is 0 Å². The Bertz CT molecular complexity index is 438. The highest BCUT2D eigenvalue weighted by molar-refractivity contribution is 6.80. The van der Waals surface area contributed by atoms with Gasteiger partial charge in [-0.3, -0.25) is 0 Å². The van der Waals surface area contributed by atoms with Crippen LogP contribution in [0.4, 0.5) is 0 Å². The van der Waals surface area contributed by atoms with Crippen LogP contribution in [0.25, 0.3) is 0 Å². The van der Waals surface area contributed by atoms with E-state index in [9.17, 15) is 0 Å². The minimum atomic E-state index is 0.303. The number of hydrogen-bond acceptors (Lipinski definition) is 0. The van der Waals surface area contributed by atoms with Gasteiger partial charge in [-0.05, 0) is 12.4 Å². The predicted molar refractivity (Wildman–Crippen MR) is 69.9 cm³/mol. The molecule has 2 rings (SSSR count). The lowest BCUT2D eigenvalue weighted by atomic mass is 9.42. The Kier molecular flexibility index (Phi) is 3.45. The van der Waals surface area contributed by atoms with Crippen molar-refractivity contribution in [3.05, 3.63) is 51.4 Å². The SMILES string of the molecule is Clc1ccc(B2C=CC=CC2)c(Cl)c1Cl. The average Bonchev–Trinajstić information content (AvgIpc) is 2.27. The van der Waals surface area contributed by atoms with E-state index in [0.29, 0.717) is 21.8 Å². The molecule has 1 heterocycles. The first-order valence-electron chi connectivity index (χ1n) is 4.67. The second-order valence-corrected chi connectivity index (χ2v) is 4.58. The van der Waals surface area contributed by atoms with Crippen LogP contribution < -0.4 is 5.46 Å². The lowest BCUT2D eigenvalue weighted by Gasteiger charge is -2.13. The molecule has 15 heavy (non-hydrogen) atoms. The Morgan fingerprint density at radius 3 is 2.47 bits per heavy atom. The maximum Gasteiger partial charge on any atom is 0.206 e. The minimum Gasteiger partial charge on any atom is -0.110 e. The van der Waals surface area contributed by atoms with Crippen LogP contribution in [-0.2, 0) is 0 Å². The average molecular weight is 257 g/mol. The summed E-state index contributed by atoms with van der Waals surface area (Å²) in [7, 11) is 0. The standard InChI is InChI=1S/C11H8BCl3/c13-9-5-4-8(10(14)11(9)15)12-6-2-1-3-7-12/h1-6H,7H2. The zero-order valence-corrected chi connectivity index (χ0v) is 10.2. The van der Waals surface area contributed by atoms with Gasteiger partial charge in [0.05, 0.1) is 15.1 Å². The molecule has 4 heteroatoms. The number of halogens is 3. The molecule has 1 aliphatic rings. The Balaban J connectivity index is 2.41. The van der Waals surface area contributed by atoms with Crippen molar-refractivity contribution in [2.45, 2.75) is 6.32 Å². The van der Waals surface area contributed by atoms with Crippen molar-refractivity contribution < 1.29 is 0 Å². The predicted octanol–water partition coefficient (Wildman–Crippen LogP) is 4.01. The van der Waals surface area contributed by atoms with Gasteiger partial charge in [0.2, 0.25) is 6.71 Å². The van der Waals surface area contributed by atoms with Crippen molar-refractivity contribution in [1.29, 1.82) is 0 Å². The molecule has 1 aliphatic heterocycles. The van der Waals surface area contributed by atoms with Gasteiger partial charge in [0.1, 0.15) is 0 Å². The van der Waals surface area contributed by atoms with Crippen molar-refractivity contribution >= 4 is 47.0 Å². The number of hydrogen-bond donors (Lipinski definition) is 0. The molecule has 76 valence electrons. The summed E-state index contributed by atoms with van der Waals surface area (Å²) < 4.78 is 0. The van der Waals surface area contributed by atoms with E-state index in [1.54, 1.807) is 6.07 Å². The van der Waals surface area contributed by atoms with Crippen molar-refractivity contribution in [2.24, 2.45) is 0 Å². The van der Waals surface area contributed by atoms with Crippen LogP contribution in [0, 0.1) is 0 Å². The minimum absolute atomic E-state index is 0.303. The second-order valence-electron chi connectivity index (χ2n) is 3.42. The summed E-state index contributed by atoms with van der Waals surface area (Å²) in [5.41, 5.74) is 1.03. The molecule has 0 fully saturated rings. The van der Waals surface area contributed by atoms with Gasteiger partial charge in [-0.15, -0.1) is 5.98 Å². The molecular formula is C11H8BCl3. The molecule has 0 bridgehead atoms. The molecule has 0 unspecified atom stereocenters. The Morgan fingerprint density at radius 2 is 1.80 bits per heavy atom. The maximum absolute atomic E-state index is 6.16. The first kappa shape index (κ1) is 11.1. The normalized spacial score (nSPS) is 14.7. The van der Waals surface area contributed by atoms with Crippen LogP contribution in [0.15, 0.2) is 36.3 Å². The van der Waals surface area contributed by atoms with Crippen molar-refractivity contribution in [2.75, 3.05) is 0 Å². The maximum atomic E-state index is 6.16. The fourth-order valence-electron chi connectivity index (χ4n) is 1.64. The van der Waals surface area contributed by atoms with E-state index >= 15 is 0 Å². The van der Waals surface area contributed by atoms with Crippen LogP contribution in [0.1, 0.15) is 0 Å². The summed E-state index contributed by atoms with van der Waals surface area (Å²) in [6, 6.07) is 3.72. The van der Waals surface area contributed by atoms with Gasteiger partial charge < -0.3 is 0 Å². The monoisotopic (exact) mass is 256 g/mol. The number of rotatable bonds is 1. The summed E-state index contributed by atoms with van der Waals surface area (Å²) in [5.74, 6) is 2.12. The van der Waals surface area contributed by atoms with E-state index in [0.717, 1.165) is 11.8 Å². The highest BCUT2D eigenvalue weighted by atomic mass is 35.5. The lowest BCUT2D eigenvalue weighted by molar-refractivity contribution is 1.60. The van der Waals surface area contributed by atoms with Crippen molar-refractivity contribution in [3.8, 4) is 0 Å². The summed E-state index contributed by atoms with van der Waals surface area (Å²) in [4.78, 5) is 0. The van der Waals surface area contributed by atoms with Gasteiger partial charge in [-0.25, -0.2) is 0 Å². The third-order valence-corrected chi connectivity index (χ3v) is 3.75. The molecule has 0 aromatic heterocycles. The molecule has 0 nitrogen and oxygen atoms in total. The van der Waals surface area contributed by atoms with Crippen LogP contribution in [0.2, 0.25) is 21.4 Å². The van der Waals surface area contributed by atoms with E-state index in [1.165, 1.54) is 0 Å². The van der Waals surface area contributed by atoms with Crippen LogP contribution in [0.5, 0.6) is 0 Å². The topological polar surface area (TPSA) is 0 Å². The molecule has 0 aliphatic carbocycles. The Hall–Kier alpha value is -0.365. The van der Waals surface area contributed by atoms with Crippen molar-refractivity contribution in [3.63, 3.8) is 0 Å². The summed E-state index contributed by atoms with van der Waals surface area (Å²) >= 11 is 18.0. The van der Waals surface area contributed by atoms with Crippen molar-refractivity contribution in [1.82, 2.24) is 0 Å². The molecule has 1 aromatic carbocycles. The first-order valence-corrected chi connectivity index (χ1v) is 5.80. The zero-order chi connectivity index (χ0) is 10.8. The van der Waals surface area contributed by atoms with Gasteiger partial charge in [0.25, 0.3) is 0 Å². The van der Waals surface area contributed by atoms with Gasteiger partial charge in [-0.2, -0.15) is 0 Å². The first-order chi connectivity index (χ1) is 7.20. The fraction of sp³-hybridized carbons (Fsp3) is 0.0909. The van der Waals surface area contributed by atoms with Gasteiger partial charge in [0.15, 0.2) is 0 Å². The molecule has 0 radical (unpaired) electrons. The third-order valence-electron chi connectivity index (χ3n) is 2.45.